The predicted molar refractivity (Wildman–Crippen MR) is 94.9 cm³/mol. The smallest absolute Gasteiger partial charge is 0.409 e. The summed E-state index contributed by atoms with van der Waals surface area (Å²) in [6, 6.07) is 6.61. The lowest BCUT2D eigenvalue weighted by molar-refractivity contribution is 0.0804. The van der Waals surface area contributed by atoms with Crippen LogP contribution in [-0.2, 0) is 19.0 Å². The quantitative estimate of drug-likeness (QED) is 0.544. The van der Waals surface area contributed by atoms with Crippen molar-refractivity contribution in [3.63, 3.8) is 0 Å². The van der Waals surface area contributed by atoms with Gasteiger partial charge in [0.15, 0.2) is 0 Å². The van der Waals surface area contributed by atoms with E-state index in [-0.39, 0.29) is 23.5 Å². The number of amides is 1. The molecule has 1 saturated heterocycles. The van der Waals surface area contributed by atoms with Gasteiger partial charge in [-0.1, -0.05) is 31.0 Å². The Morgan fingerprint density at radius 2 is 1.84 bits per heavy atom. The first-order valence-electron chi connectivity index (χ1n) is 8.80. The maximum absolute atomic E-state index is 12.2. The zero-order valence-corrected chi connectivity index (χ0v) is 15.8. The predicted octanol–water partition coefficient (Wildman–Crippen LogP) is 3.35. The number of hydrogen-bond acceptors (Lipinski definition) is 5. The van der Waals surface area contributed by atoms with Crippen molar-refractivity contribution < 1.29 is 22.1 Å². The van der Waals surface area contributed by atoms with Crippen LogP contribution in [0, 0.1) is 12.8 Å². The molecule has 0 spiro atoms. The van der Waals surface area contributed by atoms with Crippen molar-refractivity contribution in [2.24, 2.45) is 5.92 Å². The summed E-state index contributed by atoms with van der Waals surface area (Å²) in [5, 5.41) is 0. The second-order valence-corrected chi connectivity index (χ2v) is 8.07. The minimum atomic E-state index is -3.73. The number of benzene rings is 1. The maximum Gasteiger partial charge on any atom is 0.409 e. The Kier molecular flexibility index (Phi) is 7.25. The van der Waals surface area contributed by atoms with Gasteiger partial charge in [0.1, 0.15) is 0 Å². The lowest BCUT2D eigenvalue weighted by Crippen LogP contribution is -2.40. The summed E-state index contributed by atoms with van der Waals surface area (Å²) in [5.41, 5.74) is 0.997. The molecule has 6 nitrogen and oxygen atoms in total. The highest BCUT2D eigenvalue weighted by Gasteiger charge is 2.25. The highest BCUT2D eigenvalue weighted by molar-refractivity contribution is 7.86. The topological polar surface area (TPSA) is 72.9 Å². The number of likely N-dealkylation sites (tertiary alicyclic amines) is 1. The molecule has 1 aromatic rings. The van der Waals surface area contributed by atoms with Crippen molar-refractivity contribution >= 4 is 16.2 Å². The van der Waals surface area contributed by atoms with Crippen LogP contribution in [0.1, 0.15) is 38.2 Å². The van der Waals surface area contributed by atoms with Crippen LogP contribution in [0.4, 0.5) is 4.79 Å². The summed E-state index contributed by atoms with van der Waals surface area (Å²) in [7, 11) is -3.73. The van der Waals surface area contributed by atoms with Gasteiger partial charge in [-0.05, 0) is 44.2 Å². The van der Waals surface area contributed by atoms with Crippen molar-refractivity contribution in [3.05, 3.63) is 29.8 Å². The minimum Gasteiger partial charge on any atom is -0.449 e. The highest BCUT2D eigenvalue weighted by atomic mass is 32.2. The molecule has 0 N–H and O–H groups in total. The fraction of sp³-hybridized carbons (Fsp3) is 0.611. The molecule has 1 amide bonds. The van der Waals surface area contributed by atoms with E-state index in [1.54, 1.807) is 29.2 Å². The van der Waals surface area contributed by atoms with Gasteiger partial charge in [-0.3, -0.25) is 4.18 Å². The van der Waals surface area contributed by atoms with E-state index in [1.165, 1.54) is 0 Å². The SMILES string of the molecule is CCCCOC(=O)N1CCC(COS(=O)(=O)c2ccc(C)cc2)CC1. The van der Waals surface area contributed by atoms with Gasteiger partial charge in [0.2, 0.25) is 0 Å². The van der Waals surface area contributed by atoms with E-state index >= 15 is 0 Å². The first-order chi connectivity index (χ1) is 11.9. The van der Waals surface area contributed by atoms with E-state index in [0.717, 1.165) is 18.4 Å². The average Bonchev–Trinajstić information content (AvgIpc) is 2.61. The second kappa shape index (κ2) is 9.20. The lowest BCUT2D eigenvalue weighted by Gasteiger charge is -2.31. The molecular formula is C18H27NO5S. The van der Waals surface area contributed by atoms with E-state index in [2.05, 4.69) is 0 Å². The van der Waals surface area contributed by atoms with Crippen molar-refractivity contribution in [1.29, 1.82) is 0 Å². The molecule has 1 aliphatic heterocycles. The van der Waals surface area contributed by atoms with Crippen LogP contribution in [0.25, 0.3) is 0 Å². The third-order valence-electron chi connectivity index (χ3n) is 4.36. The number of piperidine rings is 1. The van der Waals surface area contributed by atoms with Crippen LogP contribution in [0.15, 0.2) is 29.2 Å². The van der Waals surface area contributed by atoms with Crippen LogP contribution in [0.2, 0.25) is 0 Å². The van der Waals surface area contributed by atoms with Gasteiger partial charge in [-0.15, -0.1) is 0 Å². The Morgan fingerprint density at radius 3 is 2.44 bits per heavy atom. The zero-order valence-electron chi connectivity index (χ0n) is 14.9. The Hall–Kier alpha value is -1.60. The zero-order chi connectivity index (χ0) is 18.3. The van der Waals surface area contributed by atoms with Crippen LogP contribution in [-0.4, -0.2) is 45.7 Å². The molecule has 1 heterocycles. The molecule has 0 radical (unpaired) electrons. The van der Waals surface area contributed by atoms with Gasteiger partial charge < -0.3 is 9.64 Å². The number of carbonyl (C=O) groups is 1. The molecule has 1 aromatic carbocycles. The van der Waals surface area contributed by atoms with E-state index in [4.69, 9.17) is 8.92 Å². The van der Waals surface area contributed by atoms with Crippen LogP contribution < -0.4 is 0 Å². The van der Waals surface area contributed by atoms with Gasteiger partial charge in [0.05, 0.1) is 18.1 Å². The van der Waals surface area contributed by atoms with Crippen LogP contribution in [0.3, 0.4) is 0 Å². The summed E-state index contributed by atoms with van der Waals surface area (Å²) in [4.78, 5) is 13.7. The van der Waals surface area contributed by atoms with Gasteiger partial charge in [0, 0.05) is 13.1 Å². The van der Waals surface area contributed by atoms with E-state index < -0.39 is 10.1 Å². The summed E-state index contributed by atoms with van der Waals surface area (Å²) in [6.45, 7) is 5.69. The lowest BCUT2D eigenvalue weighted by atomic mass is 9.98. The molecular weight excluding hydrogens is 342 g/mol. The summed E-state index contributed by atoms with van der Waals surface area (Å²) in [6.07, 6.45) is 3.01. The molecule has 1 fully saturated rings. The molecule has 0 atom stereocenters. The fourth-order valence-corrected chi connectivity index (χ4v) is 3.61. The molecule has 1 aliphatic rings. The fourth-order valence-electron chi connectivity index (χ4n) is 2.64. The highest BCUT2D eigenvalue weighted by Crippen LogP contribution is 2.21. The summed E-state index contributed by atoms with van der Waals surface area (Å²) in [5.74, 6) is 0.125. The third-order valence-corrected chi connectivity index (χ3v) is 5.66. The number of ether oxygens (including phenoxy) is 1. The molecule has 140 valence electrons. The molecule has 0 unspecified atom stereocenters. The number of unbranched alkanes of at least 4 members (excludes halogenated alkanes) is 1. The van der Waals surface area contributed by atoms with E-state index in [9.17, 15) is 13.2 Å². The van der Waals surface area contributed by atoms with E-state index in [1.807, 2.05) is 13.8 Å². The van der Waals surface area contributed by atoms with Gasteiger partial charge in [-0.2, -0.15) is 8.42 Å². The number of hydrogen-bond donors (Lipinski definition) is 0. The van der Waals surface area contributed by atoms with Crippen LogP contribution >= 0.6 is 0 Å². The first-order valence-corrected chi connectivity index (χ1v) is 10.2. The van der Waals surface area contributed by atoms with Crippen molar-refractivity contribution in [3.8, 4) is 0 Å². The Balaban J connectivity index is 1.76. The monoisotopic (exact) mass is 369 g/mol. The summed E-state index contributed by atoms with van der Waals surface area (Å²) >= 11 is 0. The molecule has 25 heavy (non-hydrogen) atoms. The van der Waals surface area contributed by atoms with Crippen LogP contribution in [0.5, 0.6) is 0 Å². The number of carbonyl (C=O) groups excluding carboxylic acids is 1. The second-order valence-electron chi connectivity index (χ2n) is 6.45. The average molecular weight is 369 g/mol. The molecule has 0 bridgehead atoms. The maximum atomic E-state index is 12.2. The van der Waals surface area contributed by atoms with Crippen molar-refractivity contribution in [2.75, 3.05) is 26.3 Å². The standard InChI is InChI=1S/C18H27NO5S/c1-3-4-13-23-18(20)19-11-9-16(10-12-19)14-24-25(21,22)17-7-5-15(2)6-8-17/h5-8,16H,3-4,9-14H2,1-2H3. The van der Waals surface area contributed by atoms with Crippen molar-refractivity contribution in [1.82, 2.24) is 4.90 Å². The Labute approximate surface area is 150 Å². The van der Waals surface area contributed by atoms with Gasteiger partial charge in [0.25, 0.3) is 10.1 Å². The molecule has 0 saturated carbocycles. The Bertz CT molecular complexity index is 649. The molecule has 2 rings (SSSR count). The molecule has 0 aromatic heterocycles. The number of nitrogens with zero attached hydrogens (tertiary/aromatic N) is 1. The third kappa shape index (κ3) is 6.01. The largest absolute Gasteiger partial charge is 0.449 e. The number of rotatable bonds is 7. The number of aryl methyl sites for hydroxylation is 1. The summed E-state index contributed by atoms with van der Waals surface area (Å²) < 4.78 is 34.8. The normalized spacial score (nSPS) is 16.0. The first kappa shape index (κ1) is 19.7. The molecule has 7 heteroatoms. The van der Waals surface area contributed by atoms with Gasteiger partial charge in [-0.25, -0.2) is 4.79 Å². The Morgan fingerprint density at radius 1 is 1.20 bits per heavy atom. The minimum absolute atomic E-state index is 0.125. The van der Waals surface area contributed by atoms with Gasteiger partial charge >= 0.3 is 6.09 Å². The molecule has 0 aliphatic carbocycles. The van der Waals surface area contributed by atoms with E-state index in [0.29, 0.717) is 32.5 Å². The van der Waals surface area contributed by atoms with Crippen molar-refractivity contribution in [2.45, 2.75) is 44.4 Å².